The number of likely N-dealkylation sites (N-methyl/N-ethyl adjacent to an activating group) is 1. The van der Waals surface area contributed by atoms with Gasteiger partial charge in [-0.05, 0) is 37.6 Å². The number of nitrogens with one attached hydrogen (secondary N) is 1. The molecule has 0 bridgehead atoms. The normalized spacial score (nSPS) is 12.6. The number of rotatable bonds is 6. The molecule has 108 valence electrons. The van der Waals surface area contributed by atoms with Crippen molar-refractivity contribution in [1.82, 2.24) is 15.1 Å². The average molecular weight is 275 g/mol. The topological polar surface area (TPSA) is 29.9 Å². The van der Waals surface area contributed by atoms with Gasteiger partial charge in [0.25, 0.3) is 0 Å². The number of nitrogens with zero attached hydrogens (tertiary/aromatic N) is 2. The Bertz CT molecular complexity index is 563. The van der Waals surface area contributed by atoms with Gasteiger partial charge in [0, 0.05) is 25.2 Å². The van der Waals surface area contributed by atoms with Crippen LogP contribution in [0.5, 0.6) is 0 Å². The second-order valence-electron chi connectivity index (χ2n) is 5.08. The number of benzene rings is 1. The van der Waals surface area contributed by atoms with Crippen molar-refractivity contribution in [3.8, 4) is 0 Å². The van der Waals surface area contributed by atoms with Gasteiger partial charge in [-0.1, -0.05) is 25.1 Å². The maximum Gasteiger partial charge on any atom is 0.126 e. The van der Waals surface area contributed by atoms with E-state index in [2.05, 4.69) is 23.4 Å². The van der Waals surface area contributed by atoms with Gasteiger partial charge in [-0.3, -0.25) is 4.68 Å². The van der Waals surface area contributed by atoms with E-state index in [0.717, 1.165) is 36.3 Å². The van der Waals surface area contributed by atoms with Crippen LogP contribution in [0, 0.1) is 5.82 Å². The number of hydrogen-bond acceptors (Lipinski definition) is 2. The lowest BCUT2D eigenvalue weighted by Gasteiger charge is -2.17. The molecule has 0 saturated carbocycles. The van der Waals surface area contributed by atoms with Gasteiger partial charge in [-0.25, -0.2) is 4.39 Å². The van der Waals surface area contributed by atoms with Crippen LogP contribution in [0.2, 0.25) is 0 Å². The molecule has 0 aliphatic heterocycles. The maximum atomic E-state index is 14.0. The Hall–Kier alpha value is -1.68. The molecule has 0 aliphatic rings. The van der Waals surface area contributed by atoms with Gasteiger partial charge < -0.3 is 5.32 Å². The van der Waals surface area contributed by atoms with Crippen LogP contribution in [-0.2, 0) is 19.9 Å². The second kappa shape index (κ2) is 6.66. The molecule has 0 amide bonds. The number of halogens is 1. The van der Waals surface area contributed by atoms with Crippen molar-refractivity contribution in [3.63, 3.8) is 0 Å². The van der Waals surface area contributed by atoms with Gasteiger partial charge in [0.1, 0.15) is 5.82 Å². The predicted octanol–water partition coefficient (Wildman–Crippen LogP) is 2.67. The van der Waals surface area contributed by atoms with Crippen molar-refractivity contribution in [1.29, 1.82) is 0 Å². The zero-order chi connectivity index (χ0) is 14.5. The first-order valence-corrected chi connectivity index (χ1v) is 7.06. The van der Waals surface area contributed by atoms with E-state index >= 15 is 0 Å². The van der Waals surface area contributed by atoms with Gasteiger partial charge in [-0.15, -0.1) is 0 Å². The summed E-state index contributed by atoms with van der Waals surface area (Å²) in [7, 11) is 3.85. The molecule has 1 atom stereocenters. The zero-order valence-electron chi connectivity index (χ0n) is 12.4. The monoisotopic (exact) mass is 275 g/mol. The van der Waals surface area contributed by atoms with E-state index in [0.29, 0.717) is 0 Å². The Kier molecular flexibility index (Phi) is 4.90. The molecule has 4 heteroatoms. The fraction of sp³-hybridized carbons (Fsp3) is 0.438. The van der Waals surface area contributed by atoms with E-state index in [1.165, 1.54) is 6.07 Å². The minimum Gasteiger partial charge on any atom is -0.319 e. The number of hydrogen-bond donors (Lipinski definition) is 1. The van der Waals surface area contributed by atoms with Crippen LogP contribution in [0.3, 0.4) is 0 Å². The third kappa shape index (κ3) is 3.25. The Balaban J connectivity index is 2.25. The smallest absolute Gasteiger partial charge is 0.126 e. The van der Waals surface area contributed by atoms with Gasteiger partial charge in [0.05, 0.1) is 5.69 Å². The molecule has 0 spiro atoms. The highest BCUT2D eigenvalue weighted by Gasteiger charge is 2.17. The van der Waals surface area contributed by atoms with Crippen LogP contribution in [0.15, 0.2) is 30.3 Å². The van der Waals surface area contributed by atoms with E-state index in [9.17, 15) is 4.39 Å². The van der Waals surface area contributed by atoms with E-state index in [4.69, 9.17) is 0 Å². The van der Waals surface area contributed by atoms with Crippen molar-refractivity contribution in [3.05, 3.63) is 53.1 Å². The van der Waals surface area contributed by atoms with Gasteiger partial charge in [0.15, 0.2) is 0 Å². The first-order chi connectivity index (χ1) is 9.65. The summed E-state index contributed by atoms with van der Waals surface area (Å²) in [5, 5.41) is 7.62. The van der Waals surface area contributed by atoms with E-state index in [1.54, 1.807) is 6.07 Å². The molecule has 3 nitrogen and oxygen atoms in total. The summed E-state index contributed by atoms with van der Waals surface area (Å²) in [5.74, 6) is -0.0214. The largest absolute Gasteiger partial charge is 0.319 e. The summed E-state index contributed by atoms with van der Waals surface area (Å²) in [6.07, 6.45) is 1.70. The molecule has 0 radical (unpaired) electrons. The first-order valence-electron chi connectivity index (χ1n) is 7.06. The first kappa shape index (κ1) is 14.7. The number of aromatic nitrogens is 2. The molecule has 20 heavy (non-hydrogen) atoms. The zero-order valence-corrected chi connectivity index (χ0v) is 12.4. The molecule has 1 N–H and O–H groups in total. The summed E-state index contributed by atoms with van der Waals surface area (Å²) in [4.78, 5) is 0. The van der Waals surface area contributed by atoms with Gasteiger partial charge in [0.2, 0.25) is 0 Å². The minimum absolute atomic E-state index is 0.112. The maximum absolute atomic E-state index is 14.0. The Morgan fingerprint density at radius 2 is 2.10 bits per heavy atom. The van der Waals surface area contributed by atoms with Crippen LogP contribution in [0.1, 0.15) is 29.8 Å². The molecular formula is C16H22FN3. The van der Waals surface area contributed by atoms with Crippen molar-refractivity contribution in [2.75, 3.05) is 13.6 Å². The summed E-state index contributed by atoms with van der Waals surface area (Å²) in [5.41, 5.74) is 2.99. The standard InChI is InChI=1S/C16H22FN3/c1-4-13-10-14(20(3)19-13)9-12(11-18-2)15-7-5-6-8-16(15)17/h5-8,10,12,18H,4,9,11H2,1-3H3. The molecule has 2 aromatic rings. The van der Waals surface area contributed by atoms with Crippen molar-refractivity contribution in [2.24, 2.45) is 7.05 Å². The SMILES string of the molecule is CCc1cc(CC(CNC)c2ccccc2F)n(C)n1. The van der Waals surface area contributed by atoms with Gasteiger partial charge >= 0.3 is 0 Å². The van der Waals surface area contributed by atoms with Crippen molar-refractivity contribution >= 4 is 0 Å². The average Bonchev–Trinajstić information content (AvgIpc) is 2.80. The highest BCUT2D eigenvalue weighted by Crippen LogP contribution is 2.23. The summed E-state index contributed by atoms with van der Waals surface area (Å²) in [6.45, 7) is 2.83. The molecule has 1 aromatic carbocycles. The van der Waals surface area contributed by atoms with Gasteiger partial charge in [-0.2, -0.15) is 5.10 Å². The summed E-state index contributed by atoms with van der Waals surface area (Å²) < 4.78 is 15.9. The van der Waals surface area contributed by atoms with Crippen LogP contribution >= 0.6 is 0 Å². The fourth-order valence-corrected chi connectivity index (χ4v) is 2.53. The predicted molar refractivity (Wildman–Crippen MR) is 79.4 cm³/mol. The summed E-state index contributed by atoms with van der Waals surface area (Å²) >= 11 is 0. The molecule has 1 unspecified atom stereocenters. The van der Waals surface area contributed by atoms with E-state index in [1.807, 2.05) is 30.9 Å². The third-order valence-corrected chi connectivity index (χ3v) is 3.64. The van der Waals surface area contributed by atoms with Crippen LogP contribution in [0.25, 0.3) is 0 Å². The van der Waals surface area contributed by atoms with Crippen molar-refractivity contribution < 1.29 is 4.39 Å². The fourth-order valence-electron chi connectivity index (χ4n) is 2.53. The Labute approximate surface area is 119 Å². The molecular weight excluding hydrogens is 253 g/mol. The van der Waals surface area contributed by atoms with E-state index in [-0.39, 0.29) is 11.7 Å². The second-order valence-corrected chi connectivity index (χ2v) is 5.08. The molecule has 1 heterocycles. The van der Waals surface area contributed by atoms with Crippen LogP contribution in [0.4, 0.5) is 4.39 Å². The van der Waals surface area contributed by atoms with Crippen LogP contribution in [-0.4, -0.2) is 23.4 Å². The molecule has 1 aromatic heterocycles. The molecule has 0 fully saturated rings. The van der Waals surface area contributed by atoms with Crippen LogP contribution < -0.4 is 5.32 Å². The Morgan fingerprint density at radius 3 is 2.70 bits per heavy atom. The molecule has 0 saturated heterocycles. The quantitative estimate of drug-likeness (QED) is 0.878. The third-order valence-electron chi connectivity index (χ3n) is 3.64. The molecule has 0 aliphatic carbocycles. The Morgan fingerprint density at radius 1 is 1.35 bits per heavy atom. The highest BCUT2D eigenvalue weighted by molar-refractivity contribution is 5.24. The lowest BCUT2D eigenvalue weighted by molar-refractivity contribution is 0.543. The van der Waals surface area contributed by atoms with E-state index < -0.39 is 0 Å². The summed E-state index contributed by atoms with van der Waals surface area (Å²) in [6, 6.07) is 9.13. The minimum atomic E-state index is -0.134. The molecule has 2 rings (SSSR count). The lowest BCUT2D eigenvalue weighted by Crippen LogP contribution is -2.21. The lowest BCUT2D eigenvalue weighted by atomic mass is 9.93. The highest BCUT2D eigenvalue weighted by atomic mass is 19.1. The van der Waals surface area contributed by atoms with Crippen molar-refractivity contribution in [2.45, 2.75) is 25.7 Å². The number of aryl methyl sites for hydroxylation is 2.